The molecule has 14 heavy (non-hydrogen) atoms. The van der Waals surface area contributed by atoms with E-state index < -0.39 is 5.97 Å². The Morgan fingerprint density at radius 2 is 2.29 bits per heavy atom. The molecular weight excluding hydrogens is 178 g/mol. The number of nitrogens with one attached hydrogen (secondary N) is 1. The van der Waals surface area contributed by atoms with Gasteiger partial charge in [-0.15, -0.1) is 0 Å². The summed E-state index contributed by atoms with van der Waals surface area (Å²) in [5, 5.41) is 12.0. The zero-order valence-corrected chi connectivity index (χ0v) is 7.92. The minimum absolute atomic E-state index is 0.375. The van der Waals surface area contributed by atoms with Gasteiger partial charge in [-0.3, -0.25) is 0 Å². The molecule has 0 atom stereocenters. The van der Waals surface area contributed by atoms with Crippen LogP contribution in [-0.4, -0.2) is 11.1 Å². The lowest BCUT2D eigenvalue weighted by Crippen LogP contribution is -2.01. The zero-order valence-electron chi connectivity index (χ0n) is 7.92. The molecule has 0 bridgehead atoms. The van der Waals surface area contributed by atoms with Gasteiger partial charge in [0.05, 0.1) is 5.56 Å². The molecule has 3 nitrogen and oxygen atoms in total. The summed E-state index contributed by atoms with van der Waals surface area (Å²) in [6.45, 7) is 5.66. The van der Waals surface area contributed by atoms with E-state index in [0.717, 1.165) is 28.9 Å². The highest BCUT2D eigenvalue weighted by molar-refractivity contribution is 5.91. The number of aromatic carboxylic acids is 1. The summed E-state index contributed by atoms with van der Waals surface area (Å²) in [4.78, 5) is 10.9. The van der Waals surface area contributed by atoms with Crippen LogP contribution in [0.5, 0.6) is 0 Å². The molecule has 0 radical (unpaired) electrons. The van der Waals surface area contributed by atoms with E-state index in [4.69, 9.17) is 5.11 Å². The lowest BCUT2D eigenvalue weighted by molar-refractivity contribution is 0.0696. The Morgan fingerprint density at radius 3 is 2.93 bits per heavy atom. The minimum atomic E-state index is -0.872. The molecular formula is C11H11NO2. The van der Waals surface area contributed by atoms with Crippen LogP contribution in [0.3, 0.4) is 0 Å². The standard InChI is InChI=1S/C11H11NO2/c1-6-5-9-7(2)8(11(13)14)3-4-10(9)12-6/h3-4,12H,1,5H2,2H3,(H,13,14). The zero-order chi connectivity index (χ0) is 10.3. The number of rotatable bonds is 1. The van der Waals surface area contributed by atoms with Crippen molar-refractivity contribution in [3.63, 3.8) is 0 Å². The van der Waals surface area contributed by atoms with Crippen LogP contribution in [0.25, 0.3) is 0 Å². The van der Waals surface area contributed by atoms with Gasteiger partial charge in [0.15, 0.2) is 0 Å². The summed E-state index contributed by atoms with van der Waals surface area (Å²) in [5.74, 6) is -0.872. The first-order valence-electron chi connectivity index (χ1n) is 4.40. The van der Waals surface area contributed by atoms with E-state index in [-0.39, 0.29) is 0 Å². The molecule has 0 amide bonds. The van der Waals surface area contributed by atoms with Gasteiger partial charge in [0.2, 0.25) is 0 Å². The Morgan fingerprint density at radius 1 is 1.57 bits per heavy atom. The molecule has 0 saturated heterocycles. The number of carbonyl (C=O) groups is 1. The predicted octanol–water partition coefficient (Wildman–Crippen LogP) is 2.17. The van der Waals surface area contributed by atoms with Gasteiger partial charge in [-0.2, -0.15) is 0 Å². The van der Waals surface area contributed by atoms with Crippen LogP contribution in [0, 0.1) is 6.92 Å². The fraction of sp³-hybridized carbons (Fsp3) is 0.182. The molecule has 0 aromatic heterocycles. The van der Waals surface area contributed by atoms with E-state index >= 15 is 0 Å². The number of anilines is 1. The maximum Gasteiger partial charge on any atom is 0.335 e. The molecule has 2 N–H and O–H groups in total. The molecule has 1 aromatic carbocycles. The number of carboxylic acid groups (broad SMARTS) is 1. The fourth-order valence-electron chi connectivity index (χ4n) is 1.78. The third-order valence-electron chi connectivity index (χ3n) is 2.53. The SMILES string of the molecule is C=C1Cc2c(ccc(C(=O)O)c2C)N1. The van der Waals surface area contributed by atoms with Gasteiger partial charge in [0.1, 0.15) is 0 Å². The number of allylic oxidation sites excluding steroid dienone is 1. The van der Waals surface area contributed by atoms with Gasteiger partial charge in [0, 0.05) is 17.8 Å². The van der Waals surface area contributed by atoms with Crippen molar-refractivity contribution >= 4 is 11.7 Å². The van der Waals surface area contributed by atoms with Crippen molar-refractivity contribution < 1.29 is 9.90 Å². The highest BCUT2D eigenvalue weighted by Crippen LogP contribution is 2.31. The van der Waals surface area contributed by atoms with Gasteiger partial charge in [0.25, 0.3) is 0 Å². The van der Waals surface area contributed by atoms with E-state index in [1.807, 2.05) is 6.92 Å². The topological polar surface area (TPSA) is 49.3 Å². The Balaban J connectivity index is 2.59. The van der Waals surface area contributed by atoms with Crippen LogP contribution in [-0.2, 0) is 6.42 Å². The smallest absolute Gasteiger partial charge is 0.335 e. The van der Waals surface area contributed by atoms with Gasteiger partial charge in [-0.25, -0.2) is 4.79 Å². The molecule has 0 unspecified atom stereocenters. The third kappa shape index (κ3) is 1.18. The molecule has 2 rings (SSSR count). The maximum absolute atomic E-state index is 10.9. The van der Waals surface area contributed by atoms with E-state index in [1.54, 1.807) is 12.1 Å². The summed E-state index contributed by atoms with van der Waals surface area (Å²) in [5.41, 5.74) is 4.17. The minimum Gasteiger partial charge on any atom is -0.478 e. The average molecular weight is 189 g/mol. The largest absolute Gasteiger partial charge is 0.478 e. The first-order valence-corrected chi connectivity index (χ1v) is 4.40. The van der Waals surface area contributed by atoms with Crippen molar-refractivity contribution in [3.8, 4) is 0 Å². The molecule has 1 aliphatic heterocycles. The monoisotopic (exact) mass is 189 g/mol. The maximum atomic E-state index is 10.9. The van der Waals surface area contributed by atoms with Crippen LogP contribution in [0.15, 0.2) is 24.4 Å². The van der Waals surface area contributed by atoms with Crippen LogP contribution >= 0.6 is 0 Å². The highest BCUT2D eigenvalue weighted by Gasteiger charge is 2.19. The number of benzene rings is 1. The summed E-state index contributed by atoms with van der Waals surface area (Å²) in [6, 6.07) is 3.42. The number of hydrogen-bond acceptors (Lipinski definition) is 2. The molecule has 3 heteroatoms. The quantitative estimate of drug-likeness (QED) is 0.711. The van der Waals surface area contributed by atoms with Gasteiger partial charge >= 0.3 is 5.97 Å². The van der Waals surface area contributed by atoms with Gasteiger partial charge < -0.3 is 10.4 Å². The van der Waals surface area contributed by atoms with E-state index in [0.29, 0.717) is 5.56 Å². The van der Waals surface area contributed by atoms with E-state index in [1.165, 1.54) is 0 Å². The summed E-state index contributed by atoms with van der Waals surface area (Å²) >= 11 is 0. The lowest BCUT2D eigenvalue weighted by atomic mass is 10.00. The van der Waals surface area contributed by atoms with Crippen LogP contribution in [0.1, 0.15) is 21.5 Å². The molecule has 0 fully saturated rings. The highest BCUT2D eigenvalue weighted by atomic mass is 16.4. The van der Waals surface area contributed by atoms with Crippen molar-refractivity contribution in [2.45, 2.75) is 13.3 Å². The first-order chi connectivity index (χ1) is 6.59. The molecule has 1 aliphatic rings. The van der Waals surface area contributed by atoms with Crippen molar-refractivity contribution in [1.82, 2.24) is 0 Å². The van der Waals surface area contributed by atoms with E-state index in [2.05, 4.69) is 11.9 Å². The first kappa shape index (κ1) is 8.81. The van der Waals surface area contributed by atoms with Crippen molar-refractivity contribution in [2.24, 2.45) is 0 Å². The number of hydrogen-bond donors (Lipinski definition) is 2. The molecule has 1 heterocycles. The second-order valence-electron chi connectivity index (χ2n) is 3.47. The van der Waals surface area contributed by atoms with Crippen LogP contribution < -0.4 is 5.32 Å². The Bertz CT molecular complexity index is 435. The molecule has 1 aromatic rings. The van der Waals surface area contributed by atoms with E-state index in [9.17, 15) is 4.79 Å². The number of fused-ring (bicyclic) bond motifs is 1. The van der Waals surface area contributed by atoms with Gasteiger partial charge in [-0.05, 0) is 30.2 Å². The normalized spacial score (nSPS) is 13.6. The molecule has 0 saturated carbocycles. The van der Waals surface area contributed by atoms with Gasteiger partial charge in [-0.1, -0.05) is 6.58 Å². The summed E-state index contributed by atoms with van der Waals surface area (Å²) < 4.78 is 0. The Kier molecular flexibility index (Phi) is 1.81. The lowest BCUT2D eigenvalue weighted by Gasteiger charge is -2.05. The Labute approximate surface area is 82.1 Å². The predicted molar refractivity (Wildman–Crippen MR) is 54.6 cm³/mol. The third-order valence-corrected chi connectivity index (χ3v) is 2.53. The summed E-state index contributed by atoms with van der Waals surface area (Å²) in [6.07, 6.45) is 0.724. The number of carboxylic acids is 1. The second-order valence-corrected chi connectivity index (χ2v) is 3.47. The fourth-order valence-corrected chi connectivity index (χ4v) is 1.78. The average Bonchev–Trinajstić information content (AvgIpc) is 2.46. The molecule has 0 spiro atoms. The molecule has 0 aliphatic carbocycles. The van der Waals surface area contributed by atoms with Crippen molar-refractivity contribution in [1.29, 1.82) is 0 Å². The second kappa shape index (κ2) is 2.87. The van der Waals surface area contributed by atoms with Crippen molar-refractivity contribution in [3.05, 3.63) is 41.1 Å². The van der Waals surface area contributed by atoms with Crippen LogP contribution in [0.2, 0.25) is 0 Å². The molecule has 72 valence electrons. The van der Waals surface area contributed by atoms with Crippen molar-refractivity contribution in [2.75, 3.05) is 5.32 Å². The Hall–Kier alpha value is -1.77. The summed E-state index contributed by atoms with van der Waals surface area (Å²) in [7, 11) is 0. The van der Waals surface area contributed by atoms with Crippen LogP contribution in [0.4, 0.5) is 5.69 Å².